The van der Waals surface area contributed by atoms with Crippen LogP contribution in [0.5, 0.6) is 0 Å². The van der Waals surface area contributed by atoms with Crippen molar-refractivity contribution in [3.63, 3.8) is 0 Å². The van der Waals surface area contributed by atoms with Gasteiger partial charge in [-0.25, -0.2) is 13.1 Å². The lowest BCUT2D eigenvalue weighted by Gasteiger charge is -2.25. The number of hydrogen-bond acceptors (Lipinski definition) is 4. The van der Waals surface area contributed by atoms with Crippen LogP contribution >= 0.6 is 35.3 Å². The molecular weight excluding hydrogens is 495 g/mol. The Balaban J connectivity index is 0.00000364. The second-order valence-corrected chi connectivity index (χ2v) is 9.33. The molecule has 2 rings (SSSR count). The van der Waals surface area contributed by atoms with Gasteiger partial charge in [0.1, 0.15) is 0 Å². The van der Waals surface area contributed by atoms with Crippen LogP contribution < -0.4 is 15.4 Å². The molecule has 1 aromatic heterocycles. The van der Waals surface area contributed by atoms with Gasteiger partial charge < -0.3 is 10.6 Å². The first-order valence-electron chi connectivity index (χ1n) is 8.29. The molecule has 2 aromatic rings. The fourth-order valence-corrected chi connectivity index (χ4v) is 3.95. The van der Waals surface area contributed by atoms with Crippen LogP contribution in [0.15, 0.2) is 51.7 Å². The van der Waals surface area contributed by atoms with Crippen molar-refractivity contribution in [2.45, 2.75) is 30.7 Å². The maximum atomic E-state index is 11.7. The van der Waals surface area contributed by atoms with Crippen LogP contribution in [0.4, 0.5) is 0 Å². The minimum Gasteiger partial charge on any atom is -0.356 e. The normalized spacial score (nSPS) is 12.4. The van der Waals surface area contributed by atoms with Gasteiger partial charge >= 0.3 is 0 Å². The van der Waals surface area contributed by atoms with Gasteiger partial charge in [0.05, 0.1) is 4.90 Å². The molecule has 0 aliphatic rings. The Morgan fingerprint density at radius 3 is 2.33 bits per heavy atom. The molecule has 0 radical (unpaired) electrons. The van der Waals surface area contributed by atoms with Crippen LogP contribution in [-0.4, -0.2) is 35.0 Å². The number of sulfonamides is 1. The summed E-state index contributed by atoms with van der Waals surface area (Å²) in [5.41, 5.74) is 0.982. The van der Waals surface area contributed by atoms with Crippen molar-refractivity contribution in [1.29, 1.82) is 0 Å². The summed E-state index contributed by atoms with van der Waals surface area (Å²) in [5.74, 6) is 0.710. The second kappa shape index (κ2) is 10.4. The molecule has 0 bridgehead atoms. The van der Waals surface area contributed by atoms with Crippen molar-refractivity contribution in [1.82, 2.24) is 15.4 Å². The second-order valence-electron chi connectivity index (χ2n) is 6.49. The third kappa shape index (κ3) is 6.74. The molecule has 1 aromatic carbocycles. The predicted molar refractivity (Wildman–Crippen MR) is 124 cm³/mol. The van der Waals surface area contributed by atoms with Crippen molar-refractivity contribution < 1.29 is 8.42 Å². The summed E-state index contributed by atoms with van der Waals surface area (Å²) in [6, 6.07) is 11.0. The van der Waals surface area contributed by atoms with Gasteiger partial charge in [0.25, 0.3) is 0 Å². The van der Waals surface area contributed by atoms with Crippen molar-refractivity contribution in [2.75, 3.05) is 20.6 Å². The smallest absolute Gasteiger partial charge is 0.240 e. The van der Waals surface area contributed by atoms with Crippen molar-refractivity contribution in [2.24, 2.45) is 4.99 Å². The van der Waals surface area contributed by atoms with Gasteiger partial charge in [-0.2, -0.15) is 0 Å². The SMILES string of the molecule is CN=C(NCc1ccc(S(=O)(=O)NC)cc1)NCC(C)(C)c1cccs1.I. The highest BCUT2D eigenvalue weighted by atomic mass is 127. The summed E-state index contributed by atoms with van der Waals surface area (Å²) >= 11 is 1.75. The van der Waals surface area contributed by atoms with Gasteiger partial charge in [-0.3, -0.25) is 4.99 Å². The van der Waals surface area contributed by atoms with Gasteiger partial charge in [-0.05, 0) is 36.2 Å². The quantitative estimate of drug-likeness (QED) is 0.297. The van der Waals surface area contributed by atoms with E-state index in [9.17, 15) is 8.42 Å². The van der Waals surface area contributed by atoms with Crippen LogP contribution in [0.2, 0.25) is 0 Å². The largest absolute Gasteiger partial charge is 0.356 e. The summed E-state index contributed by atoms with van der Waals surface area (Å²) in [4.78, 5) is 5.82. The third-order valence-corrected chi connectivity index (χ3v) is 6.74. The van der Waals surface area contributed by atoms with Crippen LogP contribution in [-0.2, 0) is 22.0 Å². The van der Waals surface area contributed by atoms with Crippen molar-refractivity contribution in [3.05, 3.63) is 52.2 Å². The molecule has 0 saturated heterocycles. The molecule has 0 fully saturated rings. The topological polar surface area (TPSA) is 82.6 Å². The Kier molecular flexibility index (Phi) is 9.19. The van der Waals surface area contributed by atoms with Crippen LogP contribution in [0.1, 0.15) is 24.3 Å². The number of thiophene rings is 1. The molecule has 0 spiro atoms. The maximum Gasteiger partial charge on any atom is 0.240 e. The average Bonchev–Trinajstić information content (AvgIpc) is 3.18. The highest BCUT2D eigenvalue weighted by Crippen LogP contribution is 2.26. The van der Waals surface area contributed by atoms with Gasteiger partial charge in [0, 0.05) is 30.4 Å². The summed E-state index contributed by atoms with van der Waals surface area (Å²) in [7, 11) is -0.270. The summed E-state index contributed by atoms with van der Waals surface area (Å²) < 4.78 is 25.8. The predicted octanol–water partition coefficient (Wildman–Crippen LogP) is 2.92. The van der Waals surface area contributed by atoms with E-state index in [0.29, 0.717) is 12.5 Å². The average molecular weight is 522 g/mol. The molecule has 0 aliphatic carbocycles. The van der Waals surface area contributed by atoms with Gasteiger partial charge in [-0.15, -0.1) is 35.3 Å². The molecular formula is C18H27IN4O2S2. The molecule has 9 heteroatoms. The number of rotatable bonds is 7. The van der Waals surface area contributed by atoms with E-state index < -0.39 is 10.0 Å². The van der Waals surface area contributed by atoms with Crippen LogP contribution in [0.25, 0.3) is 0 Å². The number of nitrogens with zero attached hydrogens (tertiary/aromatic N) is 1. The lowest BCUT2D eigenvalue weighted by atomic mass is 9.91. The highest BCUT2D eigenvalue weighted by Gasteiger charge is 2.21. The zero-order chi connectivity index (χ0) is 19.2. The van der Waals surface area contributed by atoms with E-state index in [1.54, 1.807) is 42.6 Å². The summed E-state index contributed by atoms with van der Waals surface area (Å²) in [6.07, 6.45) is 0. The fourth-order valence-electron chi connectivity index (χ4n) is 2.37. The first-order valence-corrected chi connectivity index (χ1v) is 10.7. The molecule has 0 amide bonds. The Morgan fingerprint density at radius 1 is 1.15 bits per heavy atom. The molecule has 27 heavy (non-hydrogen) atoms. The molecule has 0 aliphatic heterocycles. The maximum absolute atomic E-state index is 11.7. The first-order chi connectivity index (χ1) is 12.3. The third-order valence-electron chi connectivity index (χ3n) is 4.07. The lowest BCUT2D eigenvalue weighted by Crippen LogP contribution is -2.42. The molecule has 150 valence electrons. The van der Waals surface area contributed by atoms with E-state index in [4.69, 9.17) is 0 Å². The molecule has 3 N–H and O–H groups in total. The van der Waals surface area contributed by atoms with E-state index in [1.165, 1.54) is 11.9 Å². The van der Waals surface area contributed by atoms with Crippen LogP contribution in [0, 0.1) is 0 Å². The number of guanidine groups is 1. The molecule has 0 saturated carbocycles. The zero-order valence-corrected chi connectivity index (χ0v) is 19.9. The number of hydrogen-bond donors (Lipinski definition) is 3. The van der Waals surface area contributed by atoms with Crippen molar-refractivity contribution >= 4 is 51.3 Å². The van der Waals surface area contributed by atoms with Crippen LogP contribution in [0.3, 0.4) is 0 Å². The minimum atomic E-state index is -3.40. The van der Waals surface area contributed by atoms with Gasteiger partial charge in [0.2, 0.25) is 10.0 Å². The van der Waals surface area contributed by atoms with E-state index in [-0.39, 0.29) is 34.3 Å². The lowest BCUT2D eigenvalue weighted by molar-refractivity contribution is 0.518. The molecule has 1 heterocycles. The van der Waals surface area contributed by atoms with Crippen molar-refractivity contribution in [3.8, 4) is 0 Å². The Bertz CT molecular complexity index is 833. The zero-order valence-electron chi connectivity index (χ0n) is 15.9. The first kappa shape index (κ1) is 23.9. The fraction of sp³-hybridized carbons (Fsp3) is 0.389. The Morgan fingerprint density at radius 2 is 1.81 bits per heavy atom. The Labute approximate surface area is 182 Å². The van der Waals surface area contributed by atoms with E-state index in [1.807, 2.05) is 0 Å². The standard InChI is InChI=1S/C18H26N4O2S2.HI/c1-18(2,16-6-5-11-25-16)13-22-17(19-3)21-12-14-7-9-15(10-8-14)26(23,24)20-4;/h5-11,20H,12-13H2,1-4H3,(H2,19,21,22);1H. The van der Waals surface area contributed by atoms with E-state index >= 15 is 0 Å². The molecule has 0 atom stereocenters. The summed E-state index contributed by atoms with van der Waals surface area (Å²) in [6.45, 7) is 5.70. The number of halogens is 1. The Hall–Kier alpha value is -1.17. The number of benzene rings is 1. The molecule has 6 nitrogen and oxygen atoms in total. The number of aliphatic imine (C=N–C) groups is 1. The molecule has 0 unspecified atom stereocenters. The number of nitrogens with one attached hydrogen (secondary N) is 3. The summed E-state index contributed by atoms with van der Waals surface area (Å²) in [5, 5.41) is 8.69. The van der Waals surface area contributed by atoms with E-state index in [0.717, 1.165) is 12.1 Å². The van der Waals surface area contributed by atoms with E-state index in [2.05, 4.69) is 51.7 Å². The van der Waals surface area contributed by atoms with Gasteiger partial charge in [-0.1, -0.05) is 32.0 Å². The van der Waals surface area contributed by atoms with Gasteiger partial charge in [0.15, 0.2) is 5.96 Å². The highest BCUT2D eigenvalue weighted by molar-refractivity contribution is 14.0. The minimum absolute atomic E-state index is 0. The monoisotopic (exact) mass is 522 g/mol.